The van der Waals surface area contributed by atoms with Crippen LogP contribution in [0.1, 0.15) is 16.7 Å². The maximum Gasteiger partial charge on any atom is 0.115 e. The van der Waals surface area contributed by atoms with Gasteiger partial charge in [-0.15, -0.1) is 0 Å². The van der Waals surface area contributed by atoms with Crippen molar-refractivity contribution >= 4 is 11.9 Å². The van der Waals surface area contributed by atoms with Crippen molar-refractivity contribution in [3.05, 3.63) is 59.2 Å². The van der Waals surface area contributed by atoms with Crippen LogP contribution in [-0.4, -0.2) is 11.3 Å². The fraction of sp³-hybridized carbons (Fsp3) is 0.133. The highest BCUT2D eigenvalue weighted by atomic mass is 16.3. The van der Waals surface area contributed by atoms with Crippen molar-refractivity contribution in [2.75, 3.05) is 0 Å². The van der Waals surface area contributed by atoms with Gasteiger partial charge in [0.15, 0.2) is 0 Å². The van der Waals surface area contributed by atoms with Gasteiger partial charge >= 0.3 is 0 Å². The Labute approximate surface area is 101 Å². The van der Waals surface area contributed by atoms with Crippen molar-refractivity contribution in [1.82, 2.24) is 0 Å². The summed E-state index contributed by atoms with van der Waals surface area (Å²) < 4.78 is 0. The molecule has 2 nitrogen and oxygen atoms in total. The zero-order valence-corrected chi connectivity index (χ0v) is 10.0. The third kappa shape index (κ3) is 2.94. The number of aromatic hydroxyl groups is 1. The molecule has 0 amide bonds. The summed E-state index contributed by atoms with van der Waals surface area (Å²) in [4.78, 5) is 4.38. The molecule has 2 aromatic carbocycles. The average molecular weight is 225 g/mol. The lowest BCUT2D eigenvalue weighted by molar-refractivity contribution is 0.475. The molecule has 0 atom stereocenters. The van der Waals surface area contributed by atoms with E-state index in [1.807, 2.05) is 6.21 Å². The Hall–Kier alpha value is -2.09. The summed E-state index contributed by atoms with van der Waals surface area (Å²) in [6.45, 7) is 4.13. The van der Waals surface area contributed by atoms with Crippen LogP contribution >= 0.6 is 0 Å². The number of phenols is 1. The van der Waals surface area contributed by atoms with Crippen LogP contribution in [0.15, 0.2) is 47.5 Å². The second-order valence-electron chi connectivity index (χ2n) is 4.13. The molecule has 2 aromatic rings. The van der Waals surface area contributed by atoms with Crippen molar-refractivity contribution in [1.29, 1.82) is 0 Å². The second-order valence-corrected chi connectivity index (χ2v) is 4.13. The van der Waals surface area contributed by atoms with Gasteiger partial charge in [0.05, 0.1) is 5.69 Å². The summed E-state index contributed by atoms with van der Waals surface area (Å²) in [5.41, 5.74) is 4.39. The van der Waals surface area contributed by atoms with E-state index in [-0.39, 0.29) is 5.75 Å². The van der Waals surface area contributed by atoms with E-state index in [0.717, 1.165) is 11.3 Å². The molecule has 1 N–H and O–H groups in total. The van der Waals surface area contributed by atoms with E-state index in [0.29, 0.717) is 0 Å². The smallest absolute Gasteiger partial charge is 0.115 e. The summed E-state index contributed by atoms with van der Waals surface area (Å²) in [5.74, 6) is 0.260. The molecule has 0 aliphatic heterocycles. The fourth-order valence-corrected chi connectivity index (χ4v) is 1.58. The van der Waals surface area contributed by atoms with Crippen LogP contribution in [0.4, 0.5) is 5.69 Å². The molecule has 0 aromatic heterocycles. The molecule has 0 saturated carbocycles. The molecule has 0 bridgehead atoms. The van der Waals surface area contributed by atoms with Gasteiger partial charge in [0.2, 0.25) is 0 Å². The first-order chi connectivity index (χ1) is 8.15. The Kier molecular flexibility index (Phi) is 3.24. The Morgan fingerprint density at radius 1 is 1.00 bits per heavy atom. The van der Waals surface area contributed by atoms with Crippen LogP contribution in [0.2, 0.25) is 0 Å². The van der Waals surface area contributed by atoms with Gasteiger partial charge in [-0.25, -0.2) is 0 Å². The number of aryl methyl sites for hydroxylation is 2. The molecule has 17 heavy (non-hydrogen) atoms. The van der Waals surface area contributed by atoms with Crippen molar-refractivity contribution in [3.63, 3.8) is 0 Å². The standard InChI is InChI=1S/C15H15NO/c1-11-3-4-12(2)13(9-11)10-16-14-5-7-15(17)8-6-14/h3-10,17H,1-2H3. The first-order valence-electron chi connectivity index (χ1n) is 5.55. The van der Waals surface area contributed by atoms with Crippen molar-refractivity contribution in [2.24, 2.45) is 4.99 Å². The van der Waals surface area contributed by atoms with Crippen molar-refractivity contribution in [2.45, 2.75) is 13.8 Å². The van der Waals surface area contributed by atoms with Crippen LogP contribution in [0, 0.1) is 13.8 Å². The number of rotatable bonds is 2. The molecule has 2 heteroatoms. The molecule has 0 heterocycles. The minimum atomic E-state index is 0.260. The zero-order valence-electron chi connectivity index (χ0n) is 10.0. The van der Waals surface area contributed by atoms with Gasteiger partial charge < -0.3 is 5.11 Å². The van der Waals surface area contributed by atoms with Gasteiger partial charge in [0.25, 0.3) is 0 Å². The largest absolute Gasteiger partial charge is 0.508 e. The Bertz CT molecular complexity index is 541. The van der Waals surface area contributed by atoms with E-state index >= 15 is 0 Å². The van der Waals surface area contributed by atoms with Crippen molar-refractivity contribution in [3.8, 4) is 5.75 Å². The Balaban J connectivity index is 2.25. The van der Waals surface area contributed by atoms with E-state index in [4.69, 9.17) is 0 Å². The average Bonchev–Trinajstić information content (AvgIpc) is 2.32. The van der Waals surface area contributed by atoms with Crippen LogP contribution < -0.4 is 0 Å². The van der Waals surface area contributed by atoms with E-state index < -0.39 is 0 Å². The minimum absolute atomic E-state index is 0.260. The molecule has 0 aliphatic rings. The minimum Gasteiger partial charge on any atom is -0.508 e. The van der Waals surface area contributed by atoms with Gasteiger partial charge in [-0.05, 0) is 49.2 Å². The van der Waals surface area contributed by atoms with Crippen LogP contribution in [-0.2, 0) is 0 Å². The number of hydrogen-bond acceptors (Lipinski definition) is 2. The van der Waals surface area contributed by atoms with Gasteiger partial charge in [-0.2, -0.15) is 0 Å². The number of nitrogens with zero attached hydrogens (tertiary/aromatic N) is 1. The second kappa shape index (κ2) is 4.83. The van der Waals surface area contributed by atoms with Crippen LogP contribution in [0.25, 0.3) is 0 Å². The van der Waals surface area contributed by atoms with E-state index in [2.05, 4.69) is 37.0 Å². The molecular formula is C15H15NO. The Morgan fingerprint density at radius 2 is 1.71 bits per heavy atom. The lowest BCUT2D eigenvalue weighted by atomic mass is 10.1. The monoisotopic (exact) mass is 225 g/mol. The quantitative estimate of drug-likeness (QED) is 0.775. The molecule has 2 rings (SSSR count). The highest BCUT2D eigenvalue weighted by Gasteiger charge is 1.95. The first-order valence-corrected chi connectivity index (χ1v) is 5.55. The zero-order chi connectivity index (χ0) is 12.3. The van der Waals surface area contributed by atoms with Gasteiger partial charge in [-0.1, -0.05) is 23.8 Å². The maximum atomic E-state index is 9.17. The third-order valence-corrected chi connectivity index (χ3v) is 2.64. The lowest BCUT2D eigenvalue weighted by Gasteiger charge is -2.01. The van der Waals surface area contributed by atoms with E-state index in [1.165, 1.54) is 11.1 Å². The number of aliphatic imine (C=N–C) groups is 1. The summed E-state index contributed by atoms with van der Waals surface area (Å²) in [6, 6.07) is 13.1. The molecule has 0 fully saturated rings. The Morgan fingerprint density at radius 3 is 2.41 bits per heavy atom. The molecule has 0 saturated heterocycles. The number of phenolic OH excluding ortho intramolecular Hbond substituents is 1. The highest BCUT2D eigenvalue weighted by molar-refractivity contribution is 5.84. The summed E-state index contributed by atoms with van der Waals surface area (Å²) >= 11 is 0. The van der Waals surface area contributed by atoms with E-state index in [1.54, 1.807) is 24.3 Å². The summed E-state index contributed by atoms with van der Waals surface area (Å²) in [6.07, 6.45) is 1.86. The molecule has 0 unspecified atom stereocenters. The molecule has 0 spiro atoms. The molecule has 0 aliphatic carbocycles. The third-order valence-electron chi connectivity index (χ3n) is 2.64. The molecule has 86 valence electrons. The summed E-state index contributed by atoms with van der Waals surface area (Å²) in [7, 11) is 0. The molecular weight excluding hydrogens is 210 g/mol. The SMILES string of the molecule is Cc1ccc(C)c(C=Nc2ccc(O)cc2)c1. The summed E-state index contributed by atoms with van der Waals surface area (Å²) in [5, 5.41) is 9.17. The predicted octanol–water partition coefficient (Wildman–Crippen LogP) is 3.76. The molecule has 0 radical (unpaired) electrons. The highest BCUT2D eigenvalue weighted by Crippen LogP contribution is 2.17. The predicted molar refractivity (Wildman–Crippen MR) is 71.3 cm³/mol. The maximum absolute atomic E-state index is 9.17. The van der Waals surface area contributed by atoms with Gasteiger partial charge in [0.1, 0.15) is 5.75 Å². The van der Waals surface area contributed by atoms with Crippen molar-refractivity contribution < 1.29 is 5.11 Å². The van der Waals surface area contributed by atoms with Gasteiger partial charge in [-0.3, -0.25) is 4.99 Å². The topological polar surface area (TPSA) is 32.6 Å². The number of hydrogen-bond donors (Lipinski definition) is 1. The number of benzene rings is 2. The lowest BCUT2D eigenvalue weighted by Crippen LogP contribution is -1.87. The van der Waals surface area contributed by atoms with Gasteiger partial charge in [0, 0.05) is 6.21 Å². The van der Waals surface area contributed by atoms with E-state index in [9.17, 15) is 5.11 Å². The van der Waals surface area contributed by atoms with Crippen LogP contribution in [0.3, 0.4) is 0 Å². The fourth-order valence-electron chi connectivity index (χ4n) is 1.58. The normalized spacial score (nSPS) is 10.9. The first kappa shape index (κ1) is 11.4. The van der Waals surface area contributed by atoms with Crippen LogP contribution in [0.5, 0.6) is 5.75 Å².